The van der Waals surface area contributed by atoms with E-state index in [-0.39, 0.29) is 5.97 Å². The molecule has 0 saturated heterocycles. The summed E-state index contributed by atoms with van der Waals surface area (Å²) in [6, 6.07) is 0. The highest BCUT2D eigenvalue weighted by atomic mass is 16.5. The minimum Gasteiger partial charge on any atom is -0.466 e. The van der Waals surface area contributed by atoms with E-state index in [0.29, 0.717) is 13.0 Å². The average molecular weight is 380 g/mol. The zero-order valence-electron chi connectivity index (χ0n) is 18.0. The van der Waals surface area contributed by atoms with Gasteiger partial charge in [-0.3, -0.25) is 4.79 Å². The van der Waals surface area contributed by atoms with E-state index in [4.69, 9.17) is 4.74 Å². The summed E-state index contributed by atoms with van der Waals surface area (Å²) in [4.78, 5) is 11.1. The zero-order valence-corrected chi connectivity index (χ0v) is 18.0. The Morgan fingerprint density at radius 2 is 1.44 bits per heavy atom. The smallest absolute Gasteiger partial charge is 0.305 e. The maximum absolute atomic E-state index is 11.1. The van der Waals surface area contributed by atoms with Gasteiger partial charge in [0, 0.05) is 12.8 Å². The molecule has 0 unspecified atom stereocenters. The molecule has 0 N–H and O–H groups in total. The van der Waals surface area contributed by atoms with Crippen LogP contribution < -0.4 is 4.57 Å². The van der Waals surface area contributed by atoms with Crippen LogP contribution in [0.1, 0.15) is 104 Å². The Labute approximate surface area is 167 Å². The first kappa shape index (κ1) is 23.7. The second-order valence-corrected chi connectivity index (χ2v) is 7.71. The molecule has 0 aromatic carbocycles. The van der Waals surface area contributed by atoms with Crippen LogP contribution in [0.4, 0.5) is 0 Å². The fraction of sp³-hybridized carbons (Fsp3) is 0.826. The predicted octanol–water partition coefficient (Wildman–Crippen LogP) is 5.82. The normalized spacial score (nSPS) is 11.0. The Balaban J connectivity index is 1.91. The molecule has 4 heteroatoms. The average Bonchev–Trinajstić information content (AvgIpc) is 3.13. The monoisotopic (exact) mass is 379 g/mol. The highest BCUT2D eigenvalue weighted by Crippen LogP contribution is 2.12. The molecular formula is C23H43N2O2+. The van der Waals surface area contributed by atoms with Crippen molar-refractivity contribution >= 4 is 5.97 Å². The summed E-state index contributed by atoms with van der Waals surface area (Å²) < 4.78 is 9.56. The Bertz CT molecular complexity index is 471. The van der Waals surface area contributed by atoms with Crippen LogP contribution in [-0.4, -0.2) is 17.1 Å². The van der Waals surface area contributed by atoms with Gasteiger partial charge in [-0.1, -0.05) is 78.1 Å². The number of hydrogen-bond acceptors (Lipinski definition) is 2. The van der Waals surface area contributed by atoms with Crippen LogP contribution in [0, 0.1) is 0 Å². The SMILES string of the molecule is CCCCCCCCCCCCCCn1cc[n+](CCCOC(=O)CC)c1. The fourth-order valence-electron chi connectivity index (χ4n) is 3.37. The van der Waals surface area contributed by atoms with Crippen molar-refractivity contribution in [3.63, 3.8) is 0 Å². The molecule has 0 bridgehead atoms. The van der Waals surface area contributed by atoms with Crippen molar-refractivity contribution in [2.75, 3.05) is 6.61 Å². The van der Waals surface area contributed by atoms with E-state index >= 15 is 0 Å². The Kier molecular flexibility index (Phi) is 14.8. The Morgan fingerprint density at radius 1 is 0.852 bits per heavy atom. The zero-order chi connectivity index (χ0) is 19.6. The molecule has 0 atom stereocenters. The second-order valence-electron chi connectivity index (χ2n) is 7.71. The summed E-state index contributed by atoms with van der Waals surface area (Å²) in [5.74, 6) is -0.107. The van der Waals surface area contributed by atoms with E-state index in [1.807, 2.05) is 6.92 Å². The summed E-state index contributed by atoms with van der Waals surface area (Å²) in [5.41, 5.74) is 0. The fourth-order valence-corrected chi connectivity index (χ4v) is 3.37. The van der Waals surface area contributed by atoms with Crippen LogP contribution in [0.25, 0.3) is 0 Å². The summed E-state index contributed by atoms with van der Waals surface area (Å²) in [7, 11) is 0. The van der Waals surface area contributed by atoms with E-state index < -0.39 is 0 Å². The van der Waals surface area contributed by atoms with Gasteiger partial charge in [0.15, 0.2) is 0 Å². The van der Waals surface area contributed by atoms with E-state index in [9.17, 15) is 4.79 Å². The number of rotatable bonds is 18. The first-order valence-electron chi connectivity index (χ1n) is 11.5. The molecule has 0 aliphatic carbocycles. The third-order valence-electron chi connectivity index (χ3n) is 5.13. The topological polar surface area (TPSA) is 35.1 Å². The lowest BCUT2D eigenvalue weighted by atomic mass is 10.1. The number of imidazole rings is 1. The van der Waals surface area contributed by atoms with Crippen molar-refractivity contribution in [2.24, 2.45) is 0 Å². The highest BCUT2D eigenvalue weighted by Gasteiger charge is 2.04. The van der Waals surface area contributed by atoms with Gasteiger partial charge in [0.05, 0.1) is 19.7 Å². The minimum atomic E-state index is -0.107. The molecule has 0 aliphatic rings. The van der Waals surface area contributed by atoms with E-state index in [2.05, 4.69) is 34.8 Å². The molecule has 4 nitrogen and oxygen atoms in total. The number of aryl methyl sites for hydroxylation is 2. The molecule has 1 aromatic rings. The van der Waals surface area contributed by atoms with Gasteiger partial charge >= 0.3 is 5.97 Å². The number of carbonyl (C=O) groups is 1. The van der Waals surface area contributed by atoms with Gasteiger partial charge in [0.2, 0.25) is 6.33 Å². The van der Waals surface area contributed by atoms with Gasteiger partial charge in [0.25, 0.3) is 0 Å². The van der Waals surface area contributed by atoms with Crippen molar-refractivity contribution in [1.82, 2.24) is 4.57 Å². The van der Waals surface area contributed by atoms with Crippen molar-refractivity contribution < 1.29 is 14.1 Å². The van der Waals surface area contributed by atoms with Crippen molar-refractivity contribution in [3.8, 4) is 0 Å². The van der Waals surface area contributed by atoms with Crippen LogP contribution in [-0.2, 0) is 22.6 Å². The third kappa shape index (κ3) is 13.5. The number of hydrogen-bond donors (Lipinski definition) is 0. The van der Waals surface area contributed by atoms with Crippen LogP contribution in [0.3, 0.4) is 0 Å². The lowest BCUT2D eigenvalue weighted by molar-refractivity contribution is -0.697. The van der Waals surface area contributed by atoms with E-state index in [1.54, 1.807) is 0 Å². The number of nitrogens with zero attached hydrogens (tertiary/aromatic N) is 2. The lowest BCUT2D eigenvalue weighted by Crippen LogP contribution is -2.31. The summed E-state index contributed by atoms with van der Waals surface area (Å²) >= 11 is 0. The molecule has 0 radical (unpaired) electrons. The highest BCUT2D eigenvalue weighted by molar-refractivity contribution is 5.68. The molecule has 1 rings (SSSR count). The van der Waals surface area contributed by atoms with E-state index in [0.717, 1.165) is 19.5 Å². The van der Waals surface area contributed by atoms with Crippen LogP contribution in [0.2, 0.25) is 0 Å². The maximum Gasteiger partial charge on any atom is 0.305 e. The van der Waals surface area contributed by atoms with Gasteiger partial charge in [-0.05, 0) is 12.8 Å². The lowest BCUT2D eigenvalue weighted by Gasteiger charge is -2.02. The summed E-state index contributed by atoms with van der Waals surface area (Å²) in [5, 5.41) is 0. The maximum atomic E-state index is 11.1. The summed E-state index contributed by atoms with van der Waals surface area (Å²) in [6.45, 7) is 6.64. The van der Waals surface area contributed by atoms with Gasteiger partial charge in [0.1, 0.15) is 12.4 Å². The van der Waals surface area contributed by atoms with Crippen molar-refractivity contribution in [1.29, 1.82) is 0 Å². The predicted molar refractivity (Wildman–Crippen MR) is 112 cm³/mol. The first-order valence-corrected chi connectivity index (χ1v) is 11.5. The largest absolute Gasteiger partial charge is 0.466 e. The third-order valence-corrected chi connectivity index (χ3v) is 5.13. The number of carbonyl (C=O) groups excluding carboxylic acids is 1. The standard InChI is InChI=1S/C23H43N2O2/c1-3-5-6-7-8-9-10-11-12-13-14-15-17-24-19-20-25(22-24)18-16-21-27-23(26)4-2/h19-20,22H,3-18,21H2,1-2H3/q+1. The van der Waals surface area contributed by atoms with Crippen molar-refractivity contribution in [3.05, 3.63) is 18.7 Å². The van der Waals surface area contributed by atoms with Gasteiger partial charge < -0.3 is 4.74 Å². The molecule has 1 heterocycles. The molecule has 0 spiro atoms. The number of ether oxygens (including phenoxy) is 1. The molecule has 0 amide bonds. The van der Waals surface area contributed by atoms with Crippen LogP contribution >= 0.6 is 0 Å². The number of esters is 1. The molecule has 27 heavy (non-hydrogen) atoms. The molecule has 0 fully saturated rings. The number of unbranched alkanes of at least 4 members (excludes halogenated alkanes) is 11. The van der Waals surface area contributed by atoms with Crippen molar-refractivity contribution in [2.45, 2.75) is 117 Å². The molecule has 0 aliphatic heterocycles. The first-order chi connectivity index (χ1) is 13.3. The van der Waals surface area contributed by atoms with Gasteiger partial charge in [-0.2, -0.15) is 0 Å². The quantitative estimate of drug-likeness (QED) is 0.183. The molecule has 156 valence electrons. The van der Waals surface area contributed by atoms with Gasteiger partial charge in [-0.15, -0.1) is 0 Å². The minimum absolute atomic E-state index is 0.107. The van der Waals surface area contributed by atoms with Crippen LogP contribution in [0.5, 0.6) is 0 Å². The second kappa shape index (κ2) is 16.8. The Hall–Kier alpha value is -1.32. The van der Waals surface area contributed by atoms with E-state index in [1.165, 1.54) is 77.0 Å². The Morgan fingerprint density at radius 3 is 2.04 bits per heavy atom. The van der Waals surface area contributed by atoms with Crippen LogP contribution in [0.15, 0.2) is 18.7 Å². The number of aromatic nitrogens is 2. The summed E-state index contributed by atoms with van der Waals surface area (Å²) in [6.07, 6.45) is 24.5. The van der Waals surface area contributed by atoms with Gasteiger partial charge in [-0.25, -0.2) is 9.13 Å². The molecular weight excluding hydrogens is 336 g/mol. The molecule has 1 aromatic heterocycles. The molecule has 0 saturated carbocycles.